The summed E-state index contributed by atoms with van der Waals surface area (Å²) in [7, 11) is 0. The Labute approximate surface area is 131 Å². The van der Waals surface area contributed by atoms with Gasteiger partial charge in [0.25, 0.3) is 0 Å². The lowest BCUT2D eigenvalue weighted by atomic mass is 10.0. The van der Waals surface area contributed by atoms with Gasteiger partial charge in [-0.15, -0.1) is 0 Å². The van der Waals surface area contributed by atoms with Crippen molar-refractivity contribution in [1.29, 1.82) is 0 Å². The molecule has 0 bridgehead atoms. The minimum absolute atomic E-state index is 0.754. The number of fused-ring (bicyclic) bond motifs is 1. The van der Waals surface area contributed by atoms with Gasteiger partial charge in [0.05, 0.1) is 5.02 Å². The van der Waals surface area contributed by atoms with Gasteiger partial charge in [0.15, 0.2) is 0 Å². The molecule has 3 heterocycles. The van der Waals surface area contributed by atoms with Gasteiger partial charge < -0.3 is 4.98 Å². The number of nitrogens with one attached hydrogen (secondary N) is 1. The van der Waals surface area contributed by atoms with Crippen molar-refractivity contribution in [3.63, 3.8) is 0 Å². The van der Waals surface area contributed by atoms with Crippen LogP contribution in [0.25, 0.3) is 33.2 Å². The van der Waals surface area contributed by atoms with Crippen LogP contribution in [0.15, 0.2) is 59.7 Å². The molecule has 4 aromatic rings. The minimum atomic E-state index is 0.754. The van der Waals surface area contributed by atoms with Crippen LogP contribution in [0.1, 0.15) is 0 Å². The predicted octanol–water partition coefficient (Wildman–Crippen LogP) is 5.61. The molecule has 102 valence electrons. The molecule has 0 fully saturated rings. The van der Waals surface area contributed by atoms with Gasteiger partial charge in [0.1, 0.15) is 0 Å². The van der Waals surface area contributed by atoms with Crippen LogP contribution in [0, 0.1) is 0 Å². The smallest absolute Gasteiger partial charge is 0.0506 e. The first kappa shape index (κ1) is 12.6. The van der Waals surface area contributed by atoms with Crippen LogP contribution in [0.4, 0.5) is 0 Å². The van der Waals surface area contributed by atoms with Gasteiger partial charge in [-0.25, -0.2) is 0 Å². The first-order valence-corrected chi connectivity index (χ1v) is 7.88. The van der Waals surface area contributed by atoms with Gasteiger partial charge >= 0.3 is 0 Å². The third-order valence-corrected chi connectivity index (χ3v) is 4.56. The molecule has 4 heteroatoms. The monoisotopic (exact) mass is 310 g/mol. The molecule has 0 aliphatic heterocycles. The lowest BCUT2D eigenvalue weighted by molar-refractivity contribution is 1.33. The number of aromatic amines is 1. The number of benzene rings is 1. The molecule has 1 aromatic carbocycles. The number of nitrogens with zero attached hydrogens (tertiary/aromatic N) is 1. The fraction of sp³-hybridized carbons (Fsp3) is 0. The molecular formula is C17H11ClN2S. The van der Waals surface area contributed by atoms with E-state index in [4.69, 9.17) is 11.6 Å². The van der Waals surface area contributed by atoms with Crippen LogP contribution >= 0.6 is 22.9 Å². The highest BCUT2D eigenvalue weighted by atomic mass is 35.5. The summed E-state index contributed by atoms with van der Waals surface area (Å²) in [5.41, 5.74) is 5.51. The number of aromatic nitrogens is 2. The van der Waals surface area contributed by atoms with Crippen LogP contribution in [0.5, 0.6) is 0 Å². The van der Waals surface area contributed by atoms with Crippen LogP contribution in [-0.2, 0) is 0 Å². The summed E-state index contributed by atoms with van der Waals surface area (Å²) in [5, 5.41) is 6.00. The Balaban J connectivity index is 1.91. The largest absolute Gasteiger partial charge is 0.360 e. The van der Waals surface area contributed by atoms with Gasteiger partial charge in [-0.05, 0) is 40.6 Å². The summed E-state index contributed by atoms with van der Waals surface area (Å²) in [5.74, 6) is 0. The Morgan fingerprint density at radius 3 is 2.81 bits per heavy atom. The molecule has 0 aliphatic carbocycles. The van der Waals surface area contributed by atoms with Crippen LogP contribution in [0.3, 0.4) is 0 Å². The van der Waals surface area contributed by atoms with Crippen molar-refractivity contribution in [2.45, 2.75) is 0 Å². The quantitative estimate of drug-likeness (QED) is 0.512. The van der Waals surface area contributed by atoms with Crippen LogP contribution in [0.2, 0.25) is 5.02 Å². The summed E-state index contributed by atoms with van der Waals surface area (Å²) in [6.07, 6.45) is 5.76. The maximum absolute atomic E-state index is 6.35. The van der Waals surface area contributed by atoms with E-state index in [0.29, 0.717) is 0 Å². The molecule has 0 atom stereocenters. The van der Waals surface area contributed by atoms with E-state index in [-0.39, 0.29) is 0 Å². The highest BCUT2D eigenvalue weighted by Crippen LogP contribution is 2.35. The van der Waals surface area contributed by atoms with E-state index in [0.717, 1.165) is 32.6 Å². The molecule has 0 unspecified atom stereocenters. The number of rotatable bonds is 2. The van der Waals surface area contributed by atoms with Gasteiger partial charge in [0.2, 0.25) is 0 Å². The SMILES string of the molecule is Clc1cccc2[nH]cc(-c3cncc(-c4ccsc4)c3)c12. The fourth-order valence-electron chi connectivity index (χ4n) is 2.54. The molecule has 0 saturated carbocycles. The van der Waals surface area contributed by atoms with E-state index in [9.17, 15) is 0 Å². The zero-order valence-corrected chi connectivity index (χ0v) is 12.6. The van der Waals surface area contributed by atoms with E-state index in [1.165, 1.54) is 5.56 Å². The summed E-state index contributed by atoms with van der Waals surface area (Å²) >= 11 is 8.04. The Bertz CT molecular complexity index is 910. The van der Waals surface area contributed by atoms with Gasteiger partial charge in [0, 0.05) is 46.2 Å². The second kappa shape index (κ2) is 5.02. The Hall–Kier alpha value is -2.10. The average molecular weight is 311 g/mol. The lowest BCUT2D eigenvalue weighted by Gasteiger charge is -2.04. The van der Waals surface area contributed by atoms with Crippen LogP contribution < -0.4 is 0 Å². The van der Waals surface area contributed by atoms with Gasteiger partial charge in [-0.3, -0.25) is 4.98 Å². The lowest BCUT2D eigenvalue weighted by Crippen LogP contribution is -1.82. The Morgan fingerprint density at radius 2 is 1.95 bits per heavy atom. The van der Waals surface area contributed by atoms with Crippen LogP contribution in [-0.4, -0.2) is 9.97 Å². The molecule has 0 saturated heterocycles. The number of thiophene rings is 1. The Kier molecular flexibility index (Phi) is 3.02. The fourth-order valence-corrected chi connectivity index (χ4v) is 3.48. The third kappa shape index (κ3) is 2.15. The minimum Gasteiger partial charge on any atom is -0.360 e. The van der Waals surface area contributed by atoms with E-state index in [1.807, 2.05) is 36.8 Å². The molecule has 21 heavy (non-hydrogen) atoms. The van der Waals surface area contributed by atoms with Crippen molar-refractivity contribution < 1.29 is 0 Å². The van der Waals surface area contributed by atoms with E-state index in [1.54, 1.807) is 11.3 Å². The van der Waals surface area contributed by atoms with Crippen molar-refractivity contribution in [2.75, 3.05) is 0 Å². The van der Waals surface area contributed by atoms with Gasteiger partial charge in [-0.2, -0.15) is 11.3 Å². The van der Waals surface area contributed by atoms with E-state index < -0.39 is 0 Å². The second-order valence-electron chi connectivity index (χ2n) is 4.84. The second-order valence-corrected chi connectivity index (χ2v) is 6.03. The van der Waals surface area contributed by atoms with Crippen molar-refractivity contribution in [3.8, 4) is 22.3 Å². The molecule has 0 aliphatic rings. The maximum atomic E-state index is 6.35. The topological polar surface area (TPSA) is 28.7 Å². The third-order valence-electron chi connectivity index (χ3n) is 3.56. The molecule has 3 aromatic heterocycles. The highest BCUT2D eigenvalue weighted by molar-refractivity contribution is 7.08. The number of hydrogen-bond donors (Lipinski definition) is 1. The highest BCUT2D eigenvalue weighted by Gasteiger charge is 2.10. The number of H-pyrrole nitrogens is 1. The average Bonchev–Trinajstić information content (AvgIpc) is 3.18. The summed E-state index contributed by atoms with van der Waals surface area (Å²) in [6.45, 7) is 0. The number of hydrogen-bond acceptors (Lipinski definition) is 2. The zero-order chi connectivity index (χ0) is 14.2. The molecule has 1 N–H and O–H groups in total. The summed E-state index contributed by atoms with van der Waals surface area (Å²) in [4.78, 5) is 7.65. The predicted molar refractivity (Wildman–Crippen MR) is 89.9 cm³/mol. The molecule has 4 rings (SSSR count). The first-order valence-electron chi connectivity index (χ1n) is 6.56. The normalized spacial score (nSPS) is 11.1. The molecule has 2 nitrogen and oxygen atoms in total. The number of halogens is 1. The Morgan fingerprint density at radius 1 is 1.05 bits per heavy atom. The summed E-state index contributed by atoms with van der Waals surface area (Å²) in [6, 6.07) is 10.2. The number of pyridine rings is 1. The van der Waals surface area contributed by atoms with Crippen molar-refractivity contribution in [2.24, 2.45) is 0 Å². The first-order chi connectivity index (χ1) is 10.3. The standard InChI is InChI=1S/C17H11ClN2S/c18-15-2-1-3-16-17(15)14(9-20-16)13-6-12(7-19-8-13)11-4-5-21-10-11/h1-10,20H. The summed E-state index contributed by atoms with van der Waals surface area (Å²) < 4.78 is 0. The zero-order valence-electron chi connectivity index (χ0n) is 11.0. The van der Waals surface area contributed by atoms with Crippen molar-refractivity contribution >= 4 is 33.8 Å². The molecular weight excluding hydrogens is 300 g/mol. The van der Waals surface area contributed by atoms with Crippen molar-refractivity contribution in [1.82, 2.24) is 9.97 Å². The van der Waals surface area contributed by atoms with E-state index in [2.05, 4.69) is 32.9 Å². The molecule has 0 amide bonds. The van der Waals surface area contributed by atoms with Crippen molar-refractivity contribution in [3.05, 3.63) is 64.7 Å². The van der Waals surface area contributed by atoms with E-state index >= 15 is 0 Å². The van der Waals surface area contributed by atoms with Gasteiger partial charge in [-0.1, -0.05) is 17.7 Å². The molecule has 0 radical (unpaired) electrons. The molecule has 0 spiro atoms. The maximum Gasteiger partial charge on any atom is 0.0506 e.